The average molecular weight is 232 g/mol. The van der Waals surface area contributed by atoms with Crippen molar-refractivity contribution in [1.82, 2.24) is 4.98 Å². The van der Waals surface area contributed by atoms with Crippen molar-refractivity contribution in [2.75, 3.05) is 0 Å². The van der Waals surface area contributed by atoms with Crippen LogP contribution in [0.4, 0.5) is 0 Å². The predicted octanol–water partition coefficient (Wildman–Crippen LogP) is 4.53. The Kier molecular flexibility index (Phi) is 3.25. The molecule has 0 aliphatic rings. The third-order valence-electron chi connectivity index (χ3n) is 2.59. The van der Waals surface area contributed by atoms with E-state index in [1.165, 1.54) is 5.56 Å². The number of pyridine rings is 1. The maximum Gasteiger partial charge on any atom is 0.0704 e. The fourth-order valence-corrected chi connectivity index (χ4v) is 1.71. The number of hydrogen-bond acceptors (Lipinski definition) is 1. The van der Waals surface area contributed by atoms with Crippen LogP contribution < -0.4 is 0 Å². The highest BCUT2D eigenvalue weighted by Crippen LogP contribution is 2.22. The van der Waals surface area contributed by atoms with E-state index in [1.807, 2.05) is 30.5 Å². The Bertz CT molecular complexity index is 474. The van der Waals surface area contributed by atoms with Crippen LogP contribution in [0.25, 0.3) is 11.3 Å². The summed E-state index contributed by atoms with van der Waals surface area (Å²) < 4.78 is 0. The molecule has 2 rings (SSSR count). The summed E-state index contributed by atoms with van der Waals surface area (Å²) in [6.07, 6.45) is 1.86. The topological polar surface area (TPSA) is 12.9 Å². The van der Waals surface area contributed by atoms with Gasteiger partial charge in [0.2, 0.25) is 0 Å². The van der Waals surface area contributed by atoms with Crippen LogP contribution in [-0.4, -0.2) is 4.98 Å². The first-order valence-electron chi connectivity index (χ1n) is 5.38. The highest BCUT2D eigenvalue weighted by molar-refractivity contribution is 6.30. The van der Waals surface area contributed by atoms with Crippen molar-refractivity contribution >= 4 is 11.6 Å². The summed E-state index contributed by atoms with van der Waals surface area (Å²) in [5, 5.41) is 0.753. The Morgan fingerprint density at radius 2 is 1.75 bits per heavy atom. The van der Waals surface area contributed by atoms with Crippen LogP contribution in [-0.2, 0) is 0 Å². The van der Waals surface area contributed by atoms with Gasteiger partial charge in [-0.3, -0.25) is 4.98 Å². The first kappa shape index (κ1) is 11.2. The van der Waals surface area contributed by atoms with E-state index in [-0.39, 0.29) is 0 Å². The lowest BCUT2D eigenvalue weighted by atomic mass is 10.0. The van der Waals surface area contributed by atoms with E-state index in [4.69, 9.17) is 11.6 Å². The number of aromatic nitrogens is 1. The van der Waals surface area contributed by atoms with Gasteiger partial charge in [0.15, 0.2) is 0 Å². The van der Waals surface area contributed by atoms with Crippen LogP contribution >= 0.6 is 11.6 Å². The molecular weight excluding hydrogens is 218 g/mol. The van der Waals surface area contributed by atoms with Crippen molar-refractivity contribution in [3.63, 3.8) is 0 Å². The maximum atomic E-state index is 5.86. The molecule has 0 amide bonds. The van der Waals surface area contributed by atoms with E-state index < -0.39 is 0 Å². The highest BCUT2D eigenvalue weighted by atomic mass is 35.5. The molecule has 2 heteroatoms. The van der Waals surface area contributed by atoms with Gasteiger partial charge in [-0.25, -0.2) is 0 Å². The van der Waals surface area contributed by atoms with Crippen LogP contribution in [0.3, 0.4) is 0 Å². The van der Waals surface area contributed by atoms with Gasteiger partial charge in [-0.2, -0.15) is 0 Å². The van der Waals surface area contributed by atoms with E-state index in [0.717, 1.165) is 16.3 Å². The molecule has 0 saturated heterocycles. The third-order valence-corrected chi connectivity index (χ3v) is 2.84. The van der Waals surface area contributed by atoms with Gasteiger partial charge in [-0.1, -0.05) is 37.6 Å². The number of hydrogen-bond donors (Lipinski definition) is 0. The van der Waals surface area contributed by atoms with Crippen molar-refractivity contribution < 1.29 is 0 Å². The molecule has 0 spiro atoms. The van der Waals surface area contributed by atoms with Crippen LogP contribution in [0.2, 0.25) is 5.02 Å². The minimum atomic E-state index is 0.522. The van der Waals surface area contributed by atoms with Crippen LogP contribution in [0.15, 0.2) is 42.6 Å². The molecule has 1 aromatic heterocycles. The molecular formula is C14H14ClN. The lowest BCUT2D eigenvalue weighted by Gasteiger charge is -2.07. The van der Waals surface area contributed by atoms with E-state index in [1.54, 1.807) is 0 Å². The minimum Gasteiger partial charge on any atom is -0.256 e. The summed E-state index contributed by atoms with van der Waals surface area (Å²) in [4.78, 5) is 4.38. The first-order chi connectivity index (χ1) is 7.66. The summed E-state index contributed by atoms with van der Waals surface area (Å²) in [5.74, 6) is 0.522. The lowest BCUT2D eigenvalue weighted by molar-refractivity contribution is 0.864. The summed E-state index contributed by atoms with van der Waals surface area (Å²) in [6.45, 7) is 4.36. The standard InChI is InChI=1S/C14H14ClN/c1-10(2)12-7-8-16-14(9-12)11-3-5-13(15)6-4-11/h3-10H,1-2H3. The van der Waals surface area contributed by atoms with Gasteiger partial charge in [-0.05, 0) is 35.7 Å². The quantitative estimate of drug-likeness (QED) is 0.740. The molecule has 82 valence electrons. The van der Waals surface area contributed by atoms with Crippen LogP contribution in [0.5, 0.6) is 0 Å². The summed E-state index contributed by atoms with van der Waals surface area (Å²) in [6, 6.07) is 12.0. The molecule has 0 atom stereocenters. The molecule has 2 aromatic rings. The SMILES string of the molecule is CC(C)c1ccnc(-c2ccc(Cl)cc2)c1. The molecule has 0 aliphatic heterocycles. The number of halogens is 1. The molecule has 1 aromatic carbocycles. The molecule has 0 aliphatic carbocycles. The van der Waals surface area contributed by atoms with Crippen molar-refractivity contribution in [3.05, 3.63) is 53.2 Å². The summed E-state index contributed by atoms with van der Waals surface area (Å²) in [5.41, 5.74) is 3.41. The Morgan fingerprint density at radius 1 is 1.06 bits per heavy atom. The number of nitrogens with zero attached hydrogens (tertiary/aromatic N) is 1. The molecule has 0 radical (unpaired) electrons. The van der Waals surface area contributed by atoms with E-state index in [2.05, 4.69) is 31.0 Å². The van der Waals surface area contributed by atoms with Crippen molar-refractivity contribution in [3.8, 4) is 11.3 Å². The van der Waals surface area contributed by atoms with E-state index in [0.29, 0.717) is 5.92 Å². The third kappa shape index (κ3) is 2.42. The fraction of sp³-hybridized carbons (Fsp3) is 0.214. The average Bonchev–Trinajstić information content (AvgIpc) is 2.30. The molecule has 0 bridgehead atoms. The number of rotatable bonds is 2. The molecule has 0 N–H and O–H groups in total. The first-order valence-corrected chi connectivity index (χ1v) is 5.76. The molecule has 0 fully saturated rings. The molecule has 16 heavy (non-hydrogen) atoms. The predicted molar refractivity (Wildman–Crippen MR) is 68.8 cm³/mol. The molecule has 1 nitrogen and oxygen atoms in total. The van der Waals surface area contributed by atoms with Gasteiger partial charge in [0, 0.05) is 16.8 Å². The zero-order valence-corrected chi connectivity index (χ0v) is 10.2. The van der Waals surface area contributed by atoms with Gasteiger partial charge in [0.05, 0.1) is 5.69 Å². The minimum absolute atomic E-state index is 0.522. The van der Waals surface area contributed by atoms with Crippen LogP contribution in [0, 0.1) is 0 Å². The highest BCUT2D eigenvalue weighted by Gasteiger charge is 2.03. The second kappa shape index (κ2) is 4.67. The Labute approximate surface area is 101 Å². The normalized spacial score (nSPS) is 10.8. The van der Waals surface area contributed by atoms with E-state index in [9.17, 15) is 0 Å². The Balaban J connectivity index is 2.40. The van der Waals surface area contributed by atoms with Crippen LogP contribution in [0.1, 0.15) is 25.3 Å². The Morgan fingerprint density at radius 3 is 2.38 bits per heavy atom. The van der Waals surface area contributed by atoms with Gasteiger partial charge >= 0.3 is 0 Å². The van der Waals surface area contributed by atoms with E-state index >= 15 is 0 Å². The summed E-state index contributed by atoms with van der Waals surface area (Å²) >= 11 is 5.86. The van der Waals surface area contributed by atoms with Crippen molar-refractivity contribution in [2.45, 2.75) is 19.8 Å². The zero-order chi connectivity index (χ0) is 11.5. The smallest absolute Gasteiger partial charge is 0.0704 e. The second-order valence-electron chi connectivity index (χ2n) is 4.14. The number of benzene rings is 1. The van der Waals surface area contributed by atoms with Gasteiger partial charge in [0.1, 0.15) is 0 Å². The molecule has 0 saturated carbocycles. The lowest BCUT2D eigenvalue weighted by Crippen LogP contribution is -1.90. The van der Waals surface area contributed by atoms with Gasteiger partial charge in [-0.15, -0.1) is 0 Å². The summed E-state index contributed by atoms with van der Waals surface area (Å²) in [7, 11) is 0. The Hall–Kier alpha value is -1.34. The second-order valence-corrected chi connectivity index (χ2v) is 4.57. The van der Waals surface area contributed by atoms with Gasteiger partial charge < -0.3 is 0 Å². The van der Waals surface area contributed by atoms with Crippen molar-refractivity contribution in [2.24, 2.45) is 0 Å². The largest absolute Gasteiger partial charge is 0.256 e. The monoisotopic (exact) mass is 231 g/mol. The van der Waals surface area contributed by atoms with Crippen molar-refractivity contribution in [1.29, 1.82) is 0 Å². The molecule has 0 unspecified atom stereocenters. The fourth-order valence-electron chi connectivity index (χ4n) is 1.58. The molecule has 1 heterocycles. The van der Waals surface area contributed by atoms with Gasteiger partial charge in [0.25, 0.3) is 0 Å². The maximum absolute atomic E-state index is 5.86. The zero-order valence-electron chi connectivity index (χ0n) is 9.44.